The van der Waals surface area contributed by atoms with Gasteiger partial charge >= 0.3 is 0 Å². The van der Waals surface area contributed by atoms with Crippen LogP contribution >= 0.6 is 11.3 Å². The summed E-state index contributed by atoms with van der Waals surface area (Å²) in [5, 5.41) is 5.15. The van der Waals surface area contributed by atoms with Gasteiger partial charge in [0.15, 0.2) is 5.84 Å². The van der Waals surface area contributed by atoms with Gasteiger partial charge in [0.1, 0.15) is 0 Å². The molecule has 6 aromatic carbocycles. The Morgan fingerprint density at radius 1 is 0.591 bits per heavy atom. The molecule has 0 spiro atoms. The normalized spacial score (nSPS) is 19.7. The molecular weight excluding hydrogens is 553 g/mol. The number of hydrogen-bond donors (Lipinski definition) is 0. The number of aliphatic imine (C=N–C) groups is 2. The van der Waals surface area contributed by atoms with Crippen LogP contribution in [-0.2, 0) is 0 Å². The number of rotatable bonds is 4. The van der Waals surface area contributed by atoms with E-state index in [0.29, 0.717) is 5.92 Å². The lowest BCUT2D eigenvalue weighted by Gasteiger charge is -2.25. The van der Waals surface area contributed by atoms with Crippen LogP contribution in [0.2, 0.25) is 0 Å². The Morgan fingerprint density at radius 3 is 2.16 bits per heavy atom. The number of nitrogens with zero attached hydrogens (tertiary/aromatic N) is 2. The first-order chi connectivity index (χ1) is 21.7. The first kappa shape index (κ1) is 26.7. The van der Waals surface area contributed by atoms with Gasteiger partial charge in [0.05, 0.1) is 11.8 Å². The summed E-state index contributed by atoms with van der Waals surface area (Å²) in [7, 11) is 0. The van der Waals surface area contributed by atoms with E-state index in [-0.39, 0.29) is 6.04 Å². The topological polar surface area (TPSA) is 24.7 Å². The second-order valence-corrected chi connectivity index (χ2v) is 12.9. The molecule has 0 aliphatic carbocycles. The van der Waals surface area contributed by atoms with Crippen LogP contribution in [-0.4, -0.2) is 11.5 Å². The Hall–Kier alpha value is -4.86. The lowest BCUT2D eigenvalue weighted by molar-refractivity contribution is 0.446. The van der Waals surface area contributed by atoms with E-state index in [0.717, 1.165) is 30.0 Å². The largest absolute Gasteiger partial charge is 0.258 e. The van der Waals surface area contributed by atoms with Gasteiger partial charge in [-0.2, -0.15) is 0 Å². The SMILES string of the molecule is CC1CC/C(c2ccccc2)=N\C(c2ccc3c(c2)sc2ccccc23)=N/C1c1ccc(-c2cccc3ccccc23)cc1. The fourth-order valence-corrected chi connectivity index (χ4v) is 7.72. The van der Waals surface area contributed by atoms with Crippen LogP contribution in [0.3, 0.4) is 0 Å². The summed E-state index contributed by atoms with van der Waals surface area (Å²) in [4.78, 5) is 10.8. The third kappa shape index (κ3) is 4.94. The van der Waals surface area contributed by atoms with Gasteiger partial charge in [-0.25, -0.2) is 4.99 Å². The van der Waals surface area contributed by atoms with Crippen LogP contribution in [0.4, 0.5) is 0 Å². The van der Waals surface area contributed by atoms with Gasteiger partial charge in [-0.3, -0.25) is 4.99 Å². The average molecular weight is 585 g/mol. The molecule has 44 heavy (non-hydrogen) atoms. The van der Waals surface area contributed by atoms with Crippen molar-refractivity contribution in [3.63, 3.8) is 0 Å². The van der Waals surface area contributed by atoms with E-state index >= 15 is 0 Å². The molecule has 0 N–H and O–H groups in total. The Balaban J connectivity index is 1.24. The highest BCUT2D eigenvalue weighted by Gasteiger charge is 2.24. The Bertz CT molecular complexity index is 2180. The van der Waals surface area contributed by atoms with Crippen LogP contribution in [0.1, 0.15) is 42.5 Å². The molecule has 0 fully saturated rings. The lowest BCUT2D eigenvalue weighted by atomic mass is 9.87. The highest BCUT2D eigenvalue weighted by Crippen LogP contribution is 2.37. The van der Waals surface area contributed by atoms with Gasteiger partial charge in [-0.1, -0.05) is 134 Å². The number of fused-ring (bicyclic) bond motifs is 4. The monoisotopic (exact) mass is 584 g/mol. The minimum Gasteiger partial charge on any atom is -0.258 e. The summed E-state index contributed by atoms with van der Waals surface area (Å²) < 4.78 is 2.58. The van der Waals surface area contributed by atoms with Crippen molar-refractivity contribution in [3.05, 3.63) is 156 Å². The predicted octanol–water partition coefficient (Wildman–Crippen LogP) is 11.3. The van der Waals surface area contributed by atoms with Crippen LogP contribution in [0.25, 0.3) is 42.1 Å². The van der Waals surface area contributed by atoms with Gasteiger partial charge in [0.25, 0.3) is 0 Å². The molecule has 1 aliphatic heterocycles. The number of benzene rings is 6. The van der Waals surface area contributed by atoms with E-state index in [1.165, 1.54) is 53.2 Å². The molecule has 0 saturated carbocycles. The second-order valence-electron chi connectivity index (χ2n) is 11.8. The molecule has 0 amide bonds. The molecule has 7 aromatic rings. The maximum Gasteiger partial charge on any atom is 0.155 e. The van der Waals surface area contributed by atoms with E-state index in [4.69, 9.17) is 9.98 Å². The zero-order valence-electron chi connectivity index (χ0n) is 24.7. The summed E-state index contributed by atoms with van der Waals surface area (Å²) in [6, 6.07) is 50.3. The summed E-state index contributed by atoms with van der Waals surface area (Å²) in [5.41, 5.74) is 7.08. The van der Waals surface area contributed by atoms with Crippen molar-refractivity contribution in [2.45, 2.75) is 25.8 Å². The highest BCUT2D eigenvalue weighted by atomic mass is 32.1. The van der Waals surface area contributed by atoms with Gasteiger partial charge in [-0.05, 0) is 63.9 Å². The molecule has 1 aromatic heterocycles. The Labute approximate surface area is 262 Å². The Kier molecular flexibility index (Phi) is 6.89. The average Bonchev–Trinajstić information content (AvgIpc) is 3.45. The maximum absolute atomic E-state index is 5.48. The van der Waals surface area contributed by atoms with Crippen LogP contribution in [0, 0.1) is 5.92 Å². The van der Waals surface area contributed by atoms with Crippen molar-refractivity contribution in [2.24, 2.45) is 15.9 Å². The molecule has 1 aliphatic rings. The van der Waals surface area contributed by atoms with E-state index in [1.54, 1.807) is 0 Å². The van der Waals surface area contributed by atoms with Gasteiger partial charge in [0, 0.05) is 25.7 Å². The maximum atomic E-state index is 5.48. The first-order valence-electron chi connectivity index (χ1n) is 15.4. The summed E-state index contributed by atoms with van der Waals surface area (Å²) in [6.45, 7) is 2.34. The fraction of sp³-hybridized carbons (Fsp3) is 0.122. The molecule has 8 rings (SSSR count). The standard InChI is InChI=1S/C41H32N2S/c1-27-18-25-37(30-11-3-2-4-12-30)42-41(32-23-24-36-35-15-7-8-17-38(35)44-39(36)26-32)43-40(27)31-21-19-29(20-22-31)34-16-9-13-28-10-5-6-14-33(28)34/h2-17,19-24,26-27,40H,18,25H2,1H3/b42-37+,43-41-. The van der Waals surface area contributed by atoms with Crippen molar-refractivity contribution >= 4 is 53.8 Å². The minimum absolute atomic E-state index is 0.0192. The number of hydrogen-bond acceptors (Lipinski definition) is 3. The summed E-state index contributed by atoms with van der Waals surface area (Å²) in [5.74, 6) is 1.17. The van der Waals surface area contributed by atoms with Crippen LogP contribution in [0.15, 0.2) is 150 Å². The van der Waals surface area contributed by atoms with E-state index in [2.05, 4.69) is 146 Å². The van der Waals surface area contributed by atoms with Crippen molar-refractivity contribution in [1.82, 2.24) is 0 Å². The van der Waals surface area contributed by atoms with Crippen LogP contribution in [0.5, 0.6) is 0 Å². The zero-order valence-corrected chi connectivity index (χ0v) is 25.5. The van der Waals surface area contributed by atoms with Crippen LogP contribution < -0.4 is 0 Å². The quantitative estimate of drug-likeness (QED) is 0.197. The smallest absolute Gasteiger partial charge is 0.155 e. The minimum atomic E-state index is 0.0192. The summed E-state index contributed by atoms with van der Waals surface area (Å²) >= 11 is 1.84. The third-order valence-electron chi connectivity index (χ3n) is 8.97. The Morgan fingerprint density at radius 2 is 1.30 bits per heavy atom. The molecule has 2 heterocycles. The van der Waals surface area contributed by atoms with Crippen molar-refractivity contribution in [2.75, 3.05) is 0 Å². The number of thiophene rings is 1. The van der Waals surface area contributed by atoms with Gasteiger partial charge in [0.2, 0.25) is 0 Å². The number of amidine groups is 1. The predicted molar refractivity (Wildman–Crippen MR) is 189 cm³/mol. The molecule has 0 radical (unpaired) electrons. The molecular formula is C41H32N2S. The molecule has 3 heteroatoms. The molecule has 2 atom stereocenters. The lowest BCUT2D eigenvalue weighted by Crippen LogP contribution is -2.18. The molecule has 212 valence electrons. The molecule has 2 nitrogen and oxygen atoms in total. The van der Waals surface area contributed by atoms with Gasteiger partial charge in [-0.15, -0.1) is 11.3 Å². The second kappa shape index (κ2) is 11.3. The van der Waals surface area contributed by atoms with Crippen molar-refractivity contribution in [3.8, 4) is 11.1 Å². The highest BCUT2D eigenvalue weighted by molar-refractivity contribution is 7.25. The molecule has 0 bridgehead atoms. The van der Waals surface area contributed by atoms with Crippen molar-refractivity contribution < 1.29 is 0 Å². The molecule has 0 saturated heterocycles. The van der Waals surface area contributed by atoms with E-state index in [9.17, 15) is 0 Å². The van der Waals surface area contributed by atoms with E-state index < -0.39 is 0 Å². The third-order valence-corrected chi connectivity index (χ3v) is 10.1. The molecule has 2 unspecified atom stereocenters. The van der Waals surface area contributed by atoms with E-state index in [1.807, 2.05) is 11.3 Å². The summed E-state index contributed by atoms with van der Waals surface area (Å²) in [6.07, 6.45) is 1.94. The zero-order chi connectivity index (χ0) is 29.5. The van der Waals surface area contributed by atoms with Crippen molar-refractivity contribution in [1.29, 1.82) is 0 Å². The first-order valence-corrected chi connectivity index (χ1v) is 16.2. The fourth-order valence-electron chi connectivity index (χ4n) is 6.58. The van der Waals surface area contributed by atoms with Gasteiger partial charge < -0.3 is 0 Å².